The van der Waals surface area contributed by atoms with E-state index in [0.29, 0.717) is 28.8 Å². The van der Waals surface area contributed by atoms with Crippen molar-refractivity contribution in [3.05, 3.63) is 146 Å². The third kappa shape index (κ3) is 5.63. The Hall–Kier alpha value is -5.11. The fourth-order valence-corrected chi connectivity index (χ4v) is 5.07. The number of carbonyl (C=O) groups is 1. The number of nitro benzene ring substituents is 1. The van der Waals surface area contributed by atoms with E-state index in [0.717, 1.165) is 17.5 Å². The number of hydrogen-bond donors (Lipinski definition) is 0. The Morgan fingerprint density at radius 2 is 1.61 bits per heavy atom. The van der Waals surface area contributed by atoms with Gasteiger partial charge in [-0.15, -0.1) is 0 Å². The van der Waals surface area contributed by atoms with Crippen LogP contribution in [0, 0.1) is 10.1 Å². The fourth-order valence-electron chi connectivity index (χ4n) is 5.07. The molecule has 0 aliphatic carbocycles. The largest absolute Gasteiger partial charge is 0.324 e. The van der Waals surface area contributed by atoms with E-state index in [9.17, 15) is 19.7 Å². The third-order valence-corrected chi connectivity index (χ3v) is 7.23. The minimum Gasteiger partial charge on any atom is -0.324 e. The number of para-hydroxylation sites is 1. The van der Waals surface area contributed by atoms with Gasteiger partial charge in [0.1, 0.15) is 5.82 Å². The molecule has 0 aliphatic rings. The van der Waals surface area contributed by atoms with E-state index in [1.54, 1.807) is 33.7 Å². The molecular formula is C33H30N4O4. The van der Waals surface area contributed by atoms with Crippen LogP contribution in [-0.2, 0) is 13.0 Å². The van der Waals surface area contributed by atoms with Crippen LogP contribution in [0.25, 0.3) is 16.6 Å². The highest BCUT2D eigenvalue weighted by molar-refractivity contribution is 5.95. The van der Waals surface area contributed by atoms with Gasteiger partial charge in [-0.05, 0) is 54.3 Å². The molecule has 41 heavy (non-hydrogen) atoms. The summed E-state index contributed by atoms with van der Waals surface area (Å²) in [4.78, 5) is 45.8. The molecule has 0 saturated heterocycles. The number of nitro groups is 1. The smallest absolute Gasteiger partial charge is 0.270 e. The lowest BCUT2D eigenvalue weighted by Gasteiger charge is -2.32. The van der Waals surface area contributed by atoms with Crippen LogP contribution in [0.15, 0.2) is 108 Å². The van der Waals surface area contributed by atoms with Crippen molar-refractivity contribution < 1.29 is 9.72 Å². The lowest BCUT2D eigenvalue weighted by Crippen LogP contribution is -2.38. The van der Waals surface area contributed by atoms with E-state index in [4.69, 9.17) is 4.98 Å². The van der Waals surface area contributed by atoms with Gasteiger partial charge < -0.3 is 4.90 Å². The van der Waals surface area contributed by atoms with Gasteiger partial charge >= 0.3 is 0 Å². The van der Waals surface area contributed by atoms with E-state index in [-0.39, 0.29) is 29.3 Å². The van der Waals surface area contributed by atoms with Gasteiger partial charge in [-0.3, -0.25) is 24.3 Å². The first-order valence-corrected chi connectivity index (χ1v) is 13.6. The summed E-state index contributed by atoms with van der Waals surface area (Å²) < 4.78 is 1.59. The van der Waals surface area contributed by atoms with Crippen LogP contribution in [0.5, 0.6) is 0 Å². The molecule has 0 N–H and O–H groups in total. The van der Waals surface area contributed by atoms with Crippen LogP contribution in [-0.4, -0.2) is 25.3 Å². The minimum atomic E-state index is -0.620. The van der Waals surface area contributed by atoms with Gasteiger partial charge in [0.25, 0.3) is 17.2 Å². The first-order valence-electron chi connectivity index (χ1n) is 13.6. The van der Waals surface area contributed by atoms with Crippen molar-refractivity contribution in [1.29, 1.82) is 0 Å². The molecule has 8 heteroatoms. The third-order valence-electron chi connectivity index (χ3n) is 7.23. The maximum absolute atomic E-state index is 14.2. The van der Waals surface area contributed by atoms with E-state index in [1.807, 2.05) is 67.6 Å². The van der Waals surface area contributed by atoms with Gasteiger partial charge in [0.15, 0.2) is 0 Å². The summed E-state index contributed by atoms with van der Waals surface area (Å²) in [5, 5.41) is 12.0. The maximum Gasteiger partial charge on any atom is 0.270 e. The van der Waals surface area contributed by atoms with Crippen LogP contribution in [0.4, 0.5) is 5.69 Å². The fraction of sp³-hybridized carbons (Fsp3) is 0.182. The summed E-state index contributed by atoms with van der Waals surface area (Å²) in [5.41, 5.74) is 3.00. The van der Waals surface area contributed by atoms with E-state index in [2.05, 4.69) is 6.92 Å². The predicted molar refractivity (Wildman–Crippen MR) is 159 cm³/mol. The molecule has 0 spiro atoms. The number of carbonyl (C=O) groups excluding carboxylic acids is 1. The Balaban J connectivity index is 1.72. The highest BCUT2D eigenvalue weighted by Crippen LogP contribution is 2.30. The van der Waals surface area contributed by atoms with Crippen LogP contribution in [0.3, 0.4) is 0 Å². The average molecular weight is 547 g/mol. The molecule has 206 valence electrons. The van der Waals surface area contributed by atoms with Crippen molar-refractivity contribution in [1.82, 2.24) is 14.5 Å². The van der Waals surface area contributed by atoms with Crippen LogP contribution in [0.1, 0.15) is 53.6 Å². The first kappa shape index (κ1) is 27.5. The molecule has 5 aromatic rings. The number of hydrogen-bond acceptors (Lipinski definition) is 5. The molecule has 1 unspecified atom stereocenters. The molecule has 0 bridgehead atoms. The SMILES string of the molecule is CCc1ccc(-n2c(C(CC)N(Cc3ccccc3)C(=O)c3cccc([N+](=O)[O-])c3)nc3ccccc3c2=O)cc1. The van der Waals surface area contributed by atoms with Crippen molar-refractivity contribution in [3.8, 4) is 5.69 Å². The standard InChI is InChI=1S/C33H30N4O4/c1-3-23-17-19-26(20-18-23)36-31(34-29-16-9-8-15-28(29)33(36)39)30(4-2)35(22-24-11-6-5-7-12-24)32(38)25-13-10-14-27(21-25)37(40)41/h5-21,30H,3-4,22H2,1-2H3. The zero-order valence-corrected chi connectivity index (χ0v) is 22.9. The Bertz CT molecular complexity index is 1760. The van der Waals surface area contributed by atoms with Crippen molar-refractivity contribution in [2.45, 2.75) is 39.3 Å². The second-order valence-electron chi connectivity index (χ2n) is 9.80. The molecule has 1 aromatic heterocycles. The van der Waals surface area contributed by atoms with Gasteiger partial charge in [0, 0.05) is 24.2 Å². The van der Waals surface area contributed by atoms with E-state index in [1.165, 1.54) is 18.2 Å². The predicted octanol–water partition coefficient (Wildman–Crippen LogP) is 6.65. The summed E-state index contributed by atoms with van der Waals surface area (Å²) in [5.74, 6) is 0.0369. The number of aromatic nitrogens is 2. The Kier molecular flexibility index (Phi) is 8.01. The molecule has 0 saturated carbocycles. The van der Waals surface area contributed by atoms with Gasteiger partial charge in [0.05, 0.1) is 27.6 Å². The normalized spacial score (nSPS) is 11.8. The summed E-state index contributed by atoms with van der Waals surface area (Å²) in [6.07, 6.45) is 1.31. The Morgan fingerprint density at radius 3 is 2.29 bits per heavy atom. The highest BCUT2D eigenvalue weighted by Gasteiger charge is 2.30. The number of nitrogens with zero attached hydrogens (tertiary/aromatic N) is 4. The van der Waals surface area contributed by atoms with Crippen molar-refractivity contribution in [2.75, 3.05) is 0 Å². The van der Waals surface area contributed by atoms with E-state index >= 15 is 0 Å². The minimum absolute atomic E-state index is 0.166. The molecule has 1 heterocycles. The second kappa shape index (κ2) is 12.0. The van der Waals surface area contributed by atoms with Crippen molar-refractivity contribution >= 4 is 22.5 Å². The second-order valence-corrected chi connectivity index (χ2v) is 9.80. The summed E-state index contributed by atoms with van der Waals surface area (Å²) in [7, 11) is 0. The number of rotatable bonds is 9. The topological polar surface area (TPSA) is 98.3 Å². The van der Waals surface area contributed by atoms with Gasteiger partial charge in [-0.2, -0.15) is 0 Å². The molecule has 1 atom stereocenters. The zero-order valence-electron chi connectivity index (χ0n) is 22.9. The van der Waals surface area contributed by atoms with Crippen LogP contribution in [0.2, 0.25) is 0 Å². The Morgan fingerprint density at radius 1 is 0.902 bits per heavy atom. The Labute approximate surface area is 237 Å². The molecule has 8 nitrogen and oxygen atoms in total. The van der Waals surface area contributed by atoms with Crippen LogP contribution >= 0.6 is 0 Å². The number of fused-ring (bicyclic) bond motifs is 1. The molecule has 0 fully saturated rings. The average Bonchev–Trinajstić information content (AvgIpc) is 3.01. The monoisotopic (exact) mass is 546 g/mol. The molecule has 1 amide bonds. The van der Waals surface area contributed by atoms with E-state index < -0.39 is 11.0 Å². The van der Waals surface area contributed by atoms with Gasteiger partial charge in [-0.25, -0.2) is 4.98 Å². The quantitative estimate of drug-likeness (QED) is 0.152. The van der Waals surface area contributed by atoms with Gasteiger partial charge in [0.2, 0.25) is 0 Å². The molecule has 0 radical (unpaired) electrons. The molecule has 0 aliphatic heterocycles. The first-order chi connectivity index (χ1) is 19.9. The number of non-ortho nitro benzene ring substituents is 1. The summed E-state index contributed by atoms with van der Waals surface area (Å²) in [6, 6.07) is 29.6. The number of amides is 1. The lowest BCUT2D eigenvalue weighted by molar-refractivity contribution is -0.384. The number of benzene rings is 4. The highest BCUT2D eigenvalue weighted by atomic mass is 16.6. The zero-order chi connectivity index (χ0) is 28.9. The summed E-state index contributed by atoms with van der Waals surface area (Å²) in [6.45, 7) is 4.23. The maximum atomic E-state index is 14.2. The van der Waals surface area contributed by atoms with Gasteiger partial charge in [-0.1, -0.05) is 74.5 Å². The molecular weight excluding hydrogens is 516 g/mol. The summed E-state index contributed by atoms with van der Waals surface area (Å²) >= 11 is 0. The molecule has 5 rings (SSSR count). The molecule has 4 aromatic carbocycles. The van der Waals surface area contributed by atoms with Crippen molar-refractivity contribution in [3.63, 3.8) is 0 Å². The lowest BCUT2D eigenvalue weighted by atomic mass is 10.1. The van der Waals surface area contributed by atoms with Crippen molar-refractivity contribution in [2.24, 2.45) is 0 Å². The van der Waals surface area contributed by atoms with Crippen LogP contribution < -0.4 is 5.56 Å². The number of aryl methyl sites for hydroxylation is 1.